The van der Waals surface area contributed by atoms with Gasteiger partial charge in [-0.3, -0.25) is 14.4 Å². The molecule has 0 aromatic rings. The van der Waals surface area contributed by atoms with E-state index in [1.807, 2.05) is 0 Å². The van der Waals surface area contributed by atoms with Crippen LogP contribution in [0.5, 0.6) is 0 Å². The third kappa shape index (κ3) is 9.42. The van der Waals surface area contributed by atoms with Gasteiger partial charge in [-0.2, -0.15) is 0 Å². The molecule has 0 saturated heterocycles. The van der Waals surface area contributed by atoms with Gasteiger partial charge >= 0.3 is 5.97 Å². The summed E-state index contributed by atoms with van der Waals surface area (Å²) < 4.78 is 0. The molecular weight excluding hydrogens is 306 g/mol. The predicted molar refractivity (Wildman–Crippen MR) is 82.1 cm³/mol. The van der Waals surface area contributed by atoms with Gasteiger partial charge in [-0.05, 0) is 32.7 Å². The minimum Gasteiger partial charge on any atom is -0.480 e. The Labute approximate surface area is 134 Å². The molecule has 0 heterocycles. The lowest BCUT2D eigenvalue weighted by molar-refractivity contribution is -0.142. The normalized spacial score (nSPS) is 12.8. The summed E-state index contributed by atoms with van der Waals surface area (Å²) in [7, 11) is 0. The number of nitrogens with one attached hydrogen (secondary N) is 3. The molecular formula is C13H25N5O5. The molecule has 0 aliphatic rings. The minimum absolute atomic E-state index is 0.244. The molecule has 0 aliphatic carbocycles. The lowest BCUT2D eigenvalue weighted by Crippen LogP contribution is -2.52. The molecule has 8 N–H and O–H groups in total. The van der Waals surface area contributed by atoms with Crippen molar-refractivity contribution < 1.29 is 24.3 Å². The van der Waals surface area contributed by atoms with E-state index in [0.29, 0.717) is 19.4 Å². The second kappa shape index (κ2) is 11.4. The molecule has 3 amide bonds. The van der Waals surface area contributed by atoms with E-state index in [-0.39, 0.29) is 19.5 Å². The number of carboxylic acid groups (broad SMARTS) is 1. The van der Waals surface area contributed by atoms with Crippen LogP contribution in [-0.2, 0) is 19.2 Å². The second-order valence-corrected chi connectivity index (χ2v) is 4.95. The lowest BCUT2D eigenvalue weighted by Gasteiger charge is -2.18. The maximum absolute atomic E-state index is 11.9. The highest BCUT2D eigenvalue weighted by molar-refractivity contribution is 5.91. The van der Waals surface area contributed by atoms with Crippen LogP contribution >= 0.6 is 0 Å². The van der Waals surface area contributed by atoms with Crippen molar-refractivity contribution >= 4 is 23.7 Å². The number of carboxylic acids is 1. The van der Waals surface area contributed by atoms with Crippen molar-refractivity contribution in [1.29, 1.82) is 0 Å². The number of hydrogen-bond donors (Lipinski definition) is 6. The summed E-state index contributed by atoms with van der Waals surface area (Å²) in [5.74, 6) is -2.85. The fraction of sp³-hybridized carbons (Fsp3) is 0.692. The monoisotopic (exact) mass is 331 g/mol. The average Bonchev–Trinajstić information content (AvgIpc) is 2.51. The minimum atomic E-state index is -1.15. The van der Waals surface area contributed by atoms with Crippen LogP contribution < -0.4 is 27.4 Å². The van der Waals surface area contributed by atoms with Gasteiger partial charge < -0.3 is 32.5 Å². The summed E-state index contributed by atoms with van der Waals surface area (Å²) in [6.07, 6.45) is 1.48. The Morgan fingerprint density at radius 1 is 1.04 bits per heavy atom. The Kier molecular flexibility index (Phi) is 10.3. The first-order chi connectivity index (χ1) is 10.8. The molecule has 0 aliphatic heterocycles. The second-order valence-electron chi connectivity index (χ2n) is 4.95. The van der Waals surface area contributed by atoms with Gasteiger partial charge in [0.2, 0.25) is 17.7 Å². The van der Waals surface area contributed by atoms with E-state index in [1.54, 1.807) is 0 Å². The van der Waals surface area contributed by atoms with Crippen molar-refractivity contribution in [1.82, 2.24) is 16.0 Å². The molecule has 0 aromatic carbocycles. The fourth-order valence-electron chi connectivity index (χ4n) is 1.66. The fourth-order valence-corrected chi connectivity index (χ4v) is 1.66. The molecule has 0 spiro atoms. The molecule has 10 heteroatoms. The summed E-state index contributed by atoms with van der Waals surface area (Å²) in [4.78, 5) is 45.4. The standard InChI is InChI=1S/C13H25N5O5/c1-8(17-11(20)7-16-10(19)6-15)12(21)18-9(13(22)23)4-2-3-5-14/h8-9H,2-7,14-15H2,1H3,(H,16,19)(H,17,20)(H,18,21)(H,22,23). The van der Waals surface area contributed by atoms with Crippen LogP contribution in [0.15, 0.2) is 0 Å². The van der Waals surface area contributed by atoms with Crippen LogP contribution in [0.25, 0.3) is 0 Å². The quantitative estimate of drug-likeness (QED) is 0.222. The maximum Gasteiger partial charge on any atom is 0.326 e. The molecule has 0 radical (unpaired) electrons. The van der Waals surface area contributed by atoms with Crippen LogP contribution in [-0.4, -0.2) is 60.5 Å². The summed E-state index contributed by atoms with van der Waals surface area (Å²) in [6, 6.07) is -1.97. The van der Waals surface area contributed by atoms with E-state index in [2.05, 4.69) is 16.0 Å². The van der Waals surface area contributed by atoms with Gasteiger partial charge in [0.05, 0.1) is 13.1 Å². The molecule has 0 aromatic heterocycles. The highest BCUT2D eigenvalue weighted by atomic mass is 16.4. The Morgan fingerprint density at radius 3 is 2.22 bits per heavy atom. The number of nitrogens with two attached hydrogens (primary N) is 2. The van der Waals surface area contributed by atoms with Gasteiger partial charge in [-0.25, -0.2) is 4.79 Å². The third-order valence-electron chi connectivity index (χ3n) is 2.96. The van der Waals surface area contributed by atoms with Gasteiger partial charge in [0.15, 0.2) is 0 Å². The first-order valence-electron chi connectivity index (χ1n) is 7.31. The molecule has 132 valence electrons. The number of aliphatic carboxylic acids is 1. The zero-order chi connectivity index (χ0) is 17.8. The number of amides is 3. The third-order valence-corrected chi connectivity index (χ3v) is 2.96. The van der Waals surface area contributed by atoms with Gasteiger partial charge in [-0.15, -0.1) is 0 Å². The molecule has 0 saturated carbocycles. The van der Waals surface area contributed by atoms with Crippen molar-refractivity contribution in [2.75, 3.05) is 19.6 Å². The zero-order valence-corrected chi connectivity index (χ0v) is 13.1. The van der Waals surface area contributed by atoms with Crippen LogP contribution in [0, 0.1) is 0 Å². The van der Waals surface area contributed by atoms with Crippen molar-refractivity contribution in [2.45, 2.75) is 38.3 Å². The molecule has 0 fully saturated rings. The van der Waals surface area contributed by atoms with Crippen molar-refractivity contribution in [2.24, 2.45) is 11.5 Å². The van der Waals surface area contributed by atoms with E-state index in [4.69, 9.17) is 16.6 Å². The van der Waals surface area contributed by atoms with E-state index in [1.165, 1.54) is 6.92 Å². The Bertz CT molecular complexity index is 429. The highest BCUT2D eigenvalue weighted by Gasteiger charge is 2.23. The number of unbranched alkanes of at least 4 members (excludes halogenated alkanes) is 1. The lowest BCUT2D eigenvalue weighted by atomic mass is 10.1. The number of carbonyl (C=O) groups excluding carboxylic acids is 3. The molecule has 2 unspecified atom stereocenters. The first kappa shape index (κ1) is 20.8. The van der Waals surface area contributed by atoms with Crippen molar-refractivity contribution in [3.05, 3.63) is 0 Å². The smallest absolute Gasteiger partial charge is 0.326 e. The van der Waals surface area contributed by atoms with E-state index in [0.717, 1.165) is 0 Å². The summed E-state index contributed by atoms with van der Waals surface area (Å²) in [5.41, 5.74) is 10.4. The van der Waals surface area contributed by atoms with Crippen molar-refractivity contribution in [3.8, 4) is 0 Å². The molecule has 0 rings (SSSR count). The highest BCUT2D eigenvalue weighted by Crippen LogP contribution is 2.01. The zero-order valence-electron chi connectivity index (χ0n) is 13.1. The SMILES string of the molecule is CC(NC(=O)CNC(=O)CN)C(=O)NC(CCCCN)C(=O)O. The molecule has 0 bridgehead atoms. The van der Waals surface area contributed by atoms with Crippen molar-refractivity contribution in [3.63, 3.8) is 0 Å². The van der Waals surface area contributed by atoms with Crippen LogP contribution in [0.1, 0.15) is 26.2 Å². The summed E-state index contributed by atoms with van der Waals surface area (Å²) in [5, 5.41) is 16.0. The topological polar surface area (TPSA) is 177 Å². The van der Waals surface area contributed by atoms with Gasteiger partial charge in [-0.1, -0.05) is 0 Å². The van der Waals surface area contributed by atoms with E-state index < -0.39 is 35.8 Å². The summed E-state index contributed by atoms with van der Waals surface area (Å²) >= 11 is 0. The van der Waals surface area contributed by atoms with Gasteiger partial charge in [0, 0.05) is 0 Å². The Hall–Kier alpha value is -2.20. The number of rotatable bonds is 11. The average molecular weight is 331 g/mol. The Morgan fingerprint density at radius 2 is 1.70 bits per heavy atom. The largest absolute Gasteiger partial charge is 0.480 e. The summed E-state index contributed by atoms with van der Waals surface area (Å²) in [6.45, 7) is 1.30. The predicted octanol–water partition coefficient (Wildman–Crippen LogP) is -2.74. The van der Waals surface area contributed by atoms with Crippen LogP contribution in [0.2, 0.25) is 0 Å². The molecule has 10 nitrogen and oxygen atoms in total. The van der Waals surface area contributed by atoms with Crippen LogP contribution in [0.3, 0.4) is 0 Å². The van der Waals surface area contributed by atoms with Gasteiger partial charge in [0.1, 0.15) is 12.1 Å². The van der Waals surface area contributed by atoms with E-state index >= 15 is 0 Å². The van der Waals surface area contributed by atoms with E-state index in [9.17, 15) is 19.2 Å². The van der Waals surface area contributed by atoms with Gasteiger partial charge in [0.25, 0.3) is 0 Å². The molecule has 2 atom stereocenters. The first-order valence-corrected chi connectivity index (χ1v) is 7.31. The number of carbonyl (C=O) groups is 4. The van der Waals surface area contributed by atoms with Crippen LogP contribution in [0.4, 0.5) is 0 Å². The maximum atomic E-state index is 11.9. The Balaban J connectivity index is 4.31. The molecule has 23 heavy (non-hydrogen) atoms. The number of hydrogen-bond acceptors (Lipinski definition) is 6.